The number of benzene rings is 3. The SMILES string of the molecule is COc1ccc(-c2c(C(F)(F)F)oc3cc(OC(=O)c4ccc([N+](=O)[O-])cc4)ccc3c2=O)cc1OC. The Morgan fingerprint density at radius 3 is 2.22 bits per heavy atom. The zero-order valence-corrected chi connectivity index (χ0v) is 19.1. The molecule has 0 fully saturated rings. The third kappa shape index (κ3) is 4.94. The van der Waals surface area contributed by atoms with Gasteiger partial charge in [-0.3, -0.25) is 14.9 Å². The number of carbonyl (C=O) groups excluding carboxylic acids is 1. The number of esters is 1. The van der Waals surface area contributed by atoms with Gasteiger partial charge in [0.2, 0.25) is 11.2 Å². The van der Waals surface area contributed by atoms with Crippen molar-refractivity contribution in [2.45, 2.75) is 6.18 Å². The smallest absolute Gasteiger partial charge is 0.450 e. The van der Waals surface area contributed by atoms with E-state index in [2.05, 4.69) is 0 Å². The lowest BCUT2D eigenvalue weighted by atomic mass is 10.0. The van der Waals surface area contributed by atoms with Gasteiger partial charge >= 0.3 is 12.1 Å². The molecular formula is C25H16F3NO8. The summed E-state index contributed by atoms with van der Waals surface area (Å²) in [5.74, 6) is -2.30. The molecule has 0 spiro atoms. The van der Waals surface area contributed by atoms with Gasteiger partial charge in [-0.05, 0) is 42.0 Å². The molecule has 4 aromatic rings. The van der Waals surface area contributed by atoms with Gasteiger partial charge in [-0.25, -0.2) is 4.79 Å². The van der Waals surface area contributed by atoms with Crippen molar-refractivity contribution < 1.29 is 41.5 Å². The van der Waals surface area contributed by atoms with E-state index >= 15 is 0 Å². The van der Waals surface area contributed by atoms with Crippen molar-refractivity contribution in [1.29, 1.82) is 0 Å². The average molecular weight is 515 g/mol. The summed E-state index contributed by atoms with van der Waals surface area (Å²) >= 11 is 0. The maximum absolute atomic E-state index is 14.0. The zero-order chi connectivity index (χ0) is 26.9. The first-order valence-electron chi connectivity index (χ1n) is 10.4. The molecule has 190 valence electrons. The number of nitro benzene ring substituents is 1. The van der Waals surface area contributed by atoms with Crippen molar-refractivity contribution in [3.05, 3.63) is 92.3 Å². The van der Waals surface area contributed by atoms with Crippen molar-refractivity contribution in [2.24, 2.45) is 0 Å². The lowest BCUT2D eigenvalue weighted by molar-refractivity contribution is -0.384. The van der Waals surface area contributed by atoms with Crippen molar-refractivity contribution >= 4 is 22.6 Å². The lowest BCUT2D eigenvalue weighted by Crippen LogP contribution is -2.16. The predicted octanol–water partition coefficient (Wildman–Crippen LogP) is 5.62. The first-order valence-corrected chi connectivity index (χ1v) is 10.4. The Hall–Kier alpha value is -4.87. The monoisotopic (exact) mass is 515 g/mol. The van der Waals surface area contributed by atoms with Crippen LogP contribution >= 0.6 is 0 Å². The minimum atomic E-state index is -5.04. The van der Waals surface area contributed by atoms with Crippen LogP contribution in [0.2, 0.25) is 0 Å². The Morgan fingerprint density at radius 2 is 1.62 bits per heavy atom. The molecule has 37 heavy (non-hydrogen) atoms. The summed E-state index contributed by atoms with van der Waals surface area (Å²) in [5.41, 5.74) is -2.53. The fraction of sp³-hybridized carbons (Fsp3) is 0.120. The van der Waals surface area contributed by atoms with E-state index in [0.717, 1.165) is 18.2 Å². The maximum Gasteiger partial charge on any atom is 0.450 e. The van der Waals surface area contributed by atoms with Crippen molar-refractivity contribution in [3.63, 3.8) is 0 Å². The highest BCUT2D eigenvalue weighted by Crippen LogP contribution is 2.40. The average Bonchev–Trinajstić information content (AvgIpc) is 2.87. The highest BCUT2D eigenvalue weighted by atomic mass is 19.4. The number of nitrogens with zero attached hydrogens (tertiary/aromatic N) is 1. The van der Waals surface area contributed by atoms with Crippen LogP contribution in [0.3, 0.4) is 0 Å². The van der Waals surface area contributed by atoms with E-state index in [-0.39, 0.29) is 39.4 Å². The standard InChI is InChI=1S/C25H16F3NO8/c1-34-18-10-5-14(11-20(18)35-2)21-22(30)17-9-8-16(12-19(17)37-23(21)25(26,27)28)36-24(31)13-3-6-15(7-4-13)29(32)33/h3-12H,1-2H3. The first kappa shape index (κ1) is 25.2. The minimum absolute atomic E-state index is 0.0352. The molecule has 0 aliphatic heterocycles. The summed E-state index contributed by atoms with van der Waals surface area (Å²) in [6.45, 7) is 0. The number of hydrogen-bond donors (Lipinski definition) is 0. The second-order valence-corrected chi connectivity index (χ2v) is 7.55. The number of carbonyl (C=O) groups is 1. The number of nitro groups is 1. The number of methoxy groups -OCH3 is 2. The van der Waals surface area contributed by atoms with Gasteiger partial charge in [-0.1, -0.05) is 6.07 Å². The van der Waals surface area contributed by atoms with E-state index in [1.54, 1.807) is 0 Å². The number of alkyl halides is 3. The first-order chi connectivity index (χ1) is 17.5. The molecule has 0 saturated carbocycles. The van der Waals surface area contributed by atoms with Crippen LogP contribution in [0.5, 0.6) is 17.2 Å². The number of rotatable bonds is 6. The van der Waals surface area contributed by atoms with Crippen LogP contribution in [-0.2, 0) is 6.18 Å². The summed E-state index contributed by atoms with van der Waals surface area (Å²) in [5, 5.41) is 10.6. The van der Waals surface area contributed by atoms with Gasteiger partial charge in [-0.15, -0.1) is 0 Å². The van der Waals surface area contributed by atoms with E-state index < -0.39 is 39.4 Å². The van der Waals surface area contributed by atoms with Gasteiger partial charge < -0.3 is 18.6 Å². The van der Waals surface area contributed by atoms with Gasteiger partial charge in [0.25, 0.3) is 5.69 Å². The lowest BCUT2D eigenvalue weighted by Gasteiger charge is -2.15. The fourth-order valence-electron chi connectivity index (χ4n) is 3.58. The third-order valence-corrected chi connectivity index (χ3v) is 5.32. The van der Waals surface area contributed by atoms with Crippen molar-refractivity contribution in [3.8, 4) is 28.4 Å². The van der Waals surface area contributed by atoms with Gasteiger partial charge in [0.15, 0.2) is 11.5 Å². The number of halogens is 3. The molecule has 0 bridgehead atoms. The highest BCUT2D eigenvalue weighted by molar-refractivity contribution is 5.92. The quantitative estimate of drug-likeness (QED) is 0.140. The zero-order valence-electron chi connectivity index (χ0n) is 19.1. The van der Waals surface area contributed by atoms with E-state index in [0.29, 0.717) is 0 Å². The van der Waals surface area contributed by atoms with E-state index in [4.69, 9.17) is 18.6 Å². The molecule has 0 aliphatic carbocycles. The van der Waals surface area contributed by atoms with Crippen LogP contribution in [0.25, 0.3) is 22.1 Å². The Bertz CT molecular complexity index is 1580. The number of non-ortho nitro benzene ring substituents is 1. The van der Waals surface area contributed by atoms with Crippen LogP contribution < -0.4 is 19.6 Å². The molecule has 0 radical (unpaired) electrons. The molecule has 0 amide bonds. The van der Waals surface area contributed by atoms with Crippen LogP contribution in [0.15, 0.2) is 69.9 Å². The predicted molar refractivity (Wildman–Crippen MR) is 124 cm³/mol. The molecule has 0 saturated heterocycles. The third-order valence-electron chi connectivity index (χ3n) is 5.32. The molecular weight excluding hydrogens is 499 g/mol. The van der Waals surface area contributed by atoms with Crippen LogP contribution in [0.1, 0.15) is 16.1 Å². The fourth-order valence-corrected chi connectivity index (χ4v) is 3.58. The molecule has 9 nitrogen and oxygen atoms in total. The topological polar surface area (TPSA) is 118 Å². The van der Waals surface area contributed by atoms with Crippen molar-refractivity contribution in [2.75, 3.05) is 14.2 Å². The van der Waals surface area contributed by atoms with Crippen LogP contribution in [-0.4, -0.2) is 25.1 Å². The van der Waals surface area contributed by atoms with Crippen LogP contribution in [0, 0.1) is 10.1 Å². The second-order valence-electron chi connectivity index (χ2n) is 7.55. The summed E-state index contributed by atoms with van der Waals surface area (Å²) in [7, 11) is 2.66. The Morgan fingerprint density at radius 1 is 0.946 bits per heavy atom. The molecule has 0 N–H and O–H groups in total. The van der Waals surface area contributed by atoms with Gasteiger partial charge in [-0.2, -0.15) is 13.2 Å². The number of hydrogen-bond acceptors (Lipinski definition) is 8. The summed E-state index contributed by atoms with van der Waals surface area (Å²) in [6, 6.07) is 11.8. The van der Waals surface area contributed by atoms with Gasteiger partial charge in [0.05, 0.1) is 35.7 Å². The largest absolute Gasteiger partial charge is 0.493 e. The molecule has 0 unspecified atom stereocenters. The molecule has 0 atom stereocenters. The summed E-state index contributed by atoms with van der Waals surface area (Å²) in [4.78, 5) is 35.7. The Labute approximate surface area is 205 Å². The molecule has 0 aliphatic rings. The summed E-state index contributed by atoms with van der Waals surface area (Å²) in [6.07, 6.45) is -5.04. The normalized spacial score (nSPS) is 11.3. The van der Waals surface area contributed by atoms with E-state index in [9.17, 15) is 32.9 Å². The van der Waals surface area contributed by atoms with Gasteiger partial charge in [0.1, 0.15) is 11.3 Å². The second kappa shape index (κ2) is 9.64. The molecule has 4 rings (SSSR count). The molecule has 1 aromatic heterocycles. The van der Waals surface area contributed by atoms with Gasteiger partial charge in [0, 0.05) is 18.2 Å². The number of ether oxygens (including phenoxy) is 3. The van der Waals surface area contributed by atoms with E-state index in [1.165, 1.54) is 56.7 Å². The minimum Gasteiger partial charge on any atom is -0.493 e. The van der Waals surface area contributed by atoms with Crippen LogP contribution in [0.4, 0.5) is 18.9 Å². The van der Waals surface area contributed by atoms with Crippen molar-refractivity contribution in [1.82, 2.24) is 0 Å². The summed E-state index contributed by atoms with van der Waals surface area (Å²) < 4.78 is 62.4. The maximum atomic E-state index is 14.0. The molecule has 1 heterocycles. The highest BCUT2D eigenvalue weighted by Gasteiger charge is 2.39. The van der Waals surface area contributed by atoms with E-state index in [1.807, 2.05) is 0 Å². The Balaban J connectivity index is 1.78. The Kier molecular flexibility index (Phi) is 6.58. The molecule has 12 heteroatoms. The number of fused-ring (bicyclic) bond motifs is 1. The molecule has 3 aromatic carbocycles.